The number of carbonyl (C=O) groups is 1. The molecule has 0 spiro atoms. The van der Waals surface area contributed by atoms with E-state index in [0.717, 1.165) is 13.0 Å². The van der Waals surface area contributed by atoms with E-state index in [1.807, 2.05) is 0 Å². The van der Waals surface area contributed by atoms with E-state index in [2.05, 4.69) is 44.3 Å². The molecule has 3 nitrogen and oxygen atoms in total. The number of thioether (sulfide) groups is 1. The molecule has 0 aliphatic carbocycles. The van der Waals surface area contributed by atoms with E-state index in [4.69, 9.17) is 4.74 Å². The van der Waals surface area contributed by atoms with Crippen LogP contribution in [0.2, 0.25) is 0 Å². The second kappa shape index (κ2) is 8.23. The van der Waals surface area contributed by atoms with Gasteiger partial charge in [0.1, 0.15) is 6.04 Å². The van der Waals surface area contributed by atoms with Crippen LogP contribution in [0.25, 0.3) is 0 Å². The zero-order valence-electron chi connectivity index (χ0n) is 12.2. The van der Waals surface area contributed by atoms with Gasteiger partial charge in [-0.3, -0.25) is 4.79 Å². The Morgan fingerprint density at radius 3 is 2.68 bits per heavy atom. The molecular weight excluding hydrogens is 258 g/mol. The topological polar surface area (TPSA) is 38.3 Å². The number of esters is 1. The summed E-state index contributed by atoms with van der Waals surface area (Å²) in [5.74, 6) is 0.500. The number of methoxy groups -OCH3 is 1. The molecule has 1 aromatic rings. The lowest BCUT2D eigenvalue weighted by Gasteiger charge is -2.15. The van der Waals surface area contributed by atoms with Gasteiger partial charge in [-0.2, -0.15) is 0 Å². The second-order valence-corrected chi connectivity index (χ2v) is 5.68. The van der Waals surface area contributed by atoms with Gasteiger partial charge >= 0.3 is 5.97 Å². The van der Waals surface area contributed by atoms with Crippen molar-refractivity contribution in [3.05, 3.63) is 29.3 Å². The molecular formula is C15H23NO2S. The fraction of sp³-hybridized carbons (Fsp3) is 0.533. The van der Waals surface area contributed by atoms with Crippen LogP contribution in [0, 0.1) is 13.8 Å². The maximum atomic E-state index is 11.7. The highest BCUT2D eigenvalue weighted by Crippen LogP contribution is 2.22. The van der Waals surface area contributed by atoms with Gasteiger partial charge in [0.05, 0.1) is 7.11 Å². The van der Waals surface area contributed by atoms with E-state index in [-0.39, 0.29) is 12.0 Å². The summed E-state index contributed by atoms with van der Waals surface area (Å²) in [6, 6.07) is 6.14. The number of ether oxygens (including phenoxy) is 1. The number of nitrogens with one attached hydrogen (secondary N) is 1. The normalized spacial score (nSPS) is 12.2. The number of carbonyl (C=O) groups excluding carboxylic acids is 1. The number of benzene rings is 1. The molecule has 4 heteroatoms. The summed E-state index contributed by atoms with van der Waals surface area (Å²) in [4.78, 5) is 12.9. The van der Waals surface area contributed by atoms with Gasteiger partial charge < -0.3 is 10.1 Å². The summed E-state index contributed by atoms with van der Waals surface area (Å²) >= 11 is 1.68. The molecule has 0 bridgehead atoms. The van der Waals surface area contributed by atoms with Crippen LogP contribution in [-0.2, 0) is 9.53 Å². The first-order chi connectivity index (χ1) is 9.08. The Bertz CT molecular complexity index is 421. The Morgan fingerprint density at radius 2 is 2.11 bits per heavy atom. The van der Waals surface area contributed by atoms with E-state index in [0.29, 0.717) is 5.75 Å². The average molecular weight is 281 g/mol. The van der Waals surface area contributed by atoms with Crippen LogP contribution in [0.5, 0.6) is 0 Å². The van der Waals surface area contributed by atoms with E-state index in [1.54, 1.807) is 11.8 Å². The van der Waals surface area contributed by atoms with Crippen LogP contribution in [0.15, 0.2) is 23.1 Å². The third-order valence-electron chi connectivity index (χ3n) is 3.02. The smallest absolute Gasteiger partial charge is 0.323 e. The Balaban J connectivity index is 2.59. The molecule has 0 heterocycles. The van der Waals surface area contributed by atoms with Crippen LogP contribution in [-0.4, -0.2) is 31.4 Å². The van der Waals surface area contributed by atoms with Crippen LogP contribution < -0.4 is 5.32 Å². The minimum atomic E-state index is -0.239. The van der Waals surface area contributed by atoms with E-state index in [1.165, 1.54) is 23.1 Å². The second-order valence-electron chi connectivity index (χ2n) is 4.59. The first-order valence-corrected chi connectivity index (χ1v) is 7.58. The van der Waals surface area contributed by atoms with Crippen LogP contribution in [0.1, 0.15) is 24.5 Å². The summed E-state index contributed by atoms with van der Waals surface area (Å²) in [5.41, 5.74) is 2.57. The van der Waals surface area contributed by atoms with Crippen molar-refractivity contribution in [2.24, 2.45) is 0 Å². The summed E-state index contributed by atoms with van der Waals surface area (Å²) in [5, 5.41) is 3.22. The van der Waals surface area contributed by atoms with Crippen molar-refractivity contribution in [3.8, 4) is 0 Å². The Morgan fingerprint density at radius 1 is 1.37 bits per heavy atom. The third-order valence-corrected chi connectivity index (χ3v) is 4.11. The molecule has 0 radical (unpaired) electrons. The molecule has 0 fully saturated rings. The van der Waals surface area contributed by atoms with Gasteiger partial charge in [0.15, 0.2) is 0 Å². The molecule has 1 atom stereocenters. The van der Waals surface area contributed by atoms with Crippen molar-refractivity contribution >= 4 is 17.7 Å². The molecule has 19 heavy (non-hydrogen) atoms. The van der Waals surface area contributed by atoms with Crippen LogP contribution >= 0.6 is 11.8 Å². The molecule has 0 aliphatic heterocycles. The van der Waals surface area contributed by atoms with E-state index < -0.39 is 0 Å². The highest BCUT2D eigenvalue weighted by molar-refractivity contribution is 7.99. The fourth-order valence-electron chi connectivity index (χ4n) is 1.65. The van der Waals surface area contributed by atoms with Gasteiger partial charge in [0.25, 0.3) is 0 Å². The van der Waals surface area contributed by atoms with Gasteiger partial charge in [-0.25, -0.2) is 0 Å². The van der Waals surface area contributed by atoms with E-state index >= 15 is 0 Å². The molecule has 106 valence electrons. The van der Waals surface area contributed by atoms with Gasteiger partial charge in [-0.15, -0.1) is 11.8 Å². The monoisotopic (exact) mass is 281 g/mol. The lowest BCUT2D eigenvalue weighted by atomic mass is 10.1. The molecule has 0 saturated carbocycles. The predicted octanol–water partition coefficient (Wildman–Crippen LogP) is 2.94. The van der Waals surface area contributed by atoms with Crippen LogP contribution in [0.4, 0.5) is 0 Å². The molecule has 1 aromatic carbocycles. The quantitative estimate of drug-likeness (QED) is 0.616. The number of aryl methyl sites for hydroxylation is 2. The number of hydrogen-bond donors (Lipinski definition) is 1. The largest absolute Gasteiger partial charge is 0.468 e. The Hall–Kier alpha value is -1.00. The first-order valence-electron chi connectivity index (χ1n) is 6.59. The minimum absolute atomic E-state index is 0.190. The SMILES string of the molecule is CCCNC(CSc1ccc(C)c(C)c1)C(=O)OC. The van der Waals surface area contributed by atoms with Crippen molar-refractivity contribution in [2.45, 2.75) is 38.1 Å². The standard InChI is InChI=1S/C15H23NO2S/c1-5-8-16-14(15(17)18-4)10-19-13-7-6-11(2)12(3)9-13/h6-7,9,14,16H,5,8,10H2,1-4H3. The molecule has 1 N–H and O–H groups in total. The molecule has 1 rings (SSSR count). The molecule has 0 saturated heterocycles. The predicted molar refractivity (Wildman–Crippen MR) is 80.7 cm³/mol. The van der Waals surface area contributed by atoms with Crippen molar-refractivity contribution < 1.29 is 9.53 Å². The highest BCUT2D eigenvalue weighted by Gasteiger charge is 2.18. The van der Waals surface area contributed by atoms with Crippen molar-refractivity contribution in [1.29, 1.82) is 0 Å². The summed E-state index contributed by atoms with van der Waals surface area (Å²) < 4.78 is 4.83. The molecule has 0 aromatic heterocycles. The maximum Gasteiger partial charge on any atom is 0.323 e. The van der Waals surface area contributed by atoms with Crippen molar-refractivity contribution in [1.82, 2.24) is 5.32 Å². The maximum absolute atomic E-state index is 11.7. The number of hydrogen-bond acceptors (Lipinski definition) is 4. The lowest BCUT2D eigenvalue weighted by molar-refractivity contribution is -0.142. The Labute approximate surface area is 120 Å². The van der Waals surface area contributed by atoms with Gasteiger partial charge in [-0.1, -0.05) is 13.0 Å². The summed E-state index contributed by atoms with van der Waals surface area (Å²) in [6.45, 7) is 7.11. The van der Waals surface area contributed by atoms with Gasteiger partial charge in [0, 0.05) is 10.6 Å². The van der Waals surface area contributed by atoms with Crippen molar-refractivity contribution in [3.63, 3.8) is 0 Å². The van der Waals surface area contributed by atoms with Gasteiger partial charge in [0.2, 0.25) is 0 Å². The fourth-order valence-corrected chi connectivity index (χ4v) is 2.69. The average Bonchev–Trinajstić information content (AvgIpc) is 2.42. The number of rotatable bonds is 7. The zero-order valence-corrected chi connectivity index (χ0v) is 13.0. The minimum Gasteiger partial charge on any atom is -0.468 e. The lowest BCUT2D eigenvalue weighted by Crippen LogP contribution is -2.40. The first kappa shape index (κ1) is 16.1. The van der Waals surface area contributed by atoms with E-state index in [9.17, 15) is 4.79 Å². The summed E-state index contributed by atoms with van der Waals surface area (Å²) in [7, 11) is 1.43. The zero-order chi connectivity index (χ0) is 14.3. The van der Waals surface area contributed by atoms with Gasteiger partial charge in [-0.05, 0) is 50.1 Å². The van der Waals surface area contributed by atoms with Crippen molar-refractivity contribution in [2.75, 3.05) is 19.4 Å². The molecule has 0 amide bonds. The Kier molecular flexibility index (Phi) is 6.95. The molecule has 0 aliphatic rings. The third kappa shape index (κ3) is 5.25. The summed E-state index contributed by atoms with van der Waals surface area (Å²) in [6.07, 6.45) is 1.00. The highest BCUT2D eigenvalue weighted by atomic mass is 32.2. The molecule has 1 unspecified atom stereocenters. The van der Waals surface area contributed by atoms with Crippen LogP contribution in [0.3, 0.4) is 0 Å².